The van der Waals surface area contributed by atoms with Crippen molar-refractivity contribution in [2.75, 3.05) is 25.3 Å². The van der Waals surface area contributed by atoms with Crippen molar-refractivity contribution in [3.05, 3.63) is 77.9 Å². The highest BCUT2D eigenvalue weighted by atomic mass is 32.2. The number of hydrogen-bond donors (Lipinski definition) is 1. The highest BCUT2D eigenvalue weighted by Crippen LogP contribution is 2.28. The number of methoxy groups -OCH3 is 2. The summed E-state index contributed by atoms with van der Waals surface area (Å²) in [6.45, 7) is 2.04. The summed E-state index contributed by atoms with van der Waals surface area (Å²) in [7, 11) is -0.572. The van der Waals surface area contributed by atoms with Gasteiger partial charge in [-0.05, 0) is 49.4 Å². The number of anilines is 1. The van der Waals surface area contributed by atoms with Crippen LogP contribution in [0.2, 0.25) is 0 Å². The molecule has 0 unspecified atom stereocenters. The van der Waals surface area contributed by atoms with Gasteiger partial charge in [-0.25, -0.2) is 8.42 Å². The number of thioether (sulfide) groups is 1. The zero-order chi connectivity index (χ0) is 23.8. The molecule has 0 saturated heterocycles. The number of rotatable bonds is 10. The van der Waals surface area contributed by atoms with Gasteiger partial charge in [-0.2, -0.15) is 0 Å². The Morgan fingerprint density at radius 2 is 1.64 bits per heavy atom. The Labute approximate surface area is 199 Å². The molecule has 3 rings (SSSR count). The molecule has 0 aliphatic rings. The highest BCUT2D eigenvalue weighted by molar-refractivity contribution is 7.99. The van der Waals surface area contributed by atoms with Gasteiger partial charge in [-0.3, -0.25) is 4.79 Å². The minimum absolute atomic E-state index is 0.117. The Morgan fingerprint density at radius 1 is 0.939 bits per heavy atom. The summed E-state index contributed by atoms with van der Waals surface area (Å²) in [5, 5.41) is 2.82. The molecule has 0 bridgehead atoms. The summed E-state index contributed by atoms with van der Waals surface area (Å²) in [5.41, 5.74) is 2.30. The van der Waals surface area contributed by atoms with Gasteiger partial charge in [0, 0.05) is 34.4 Å². The van der Waals surface area contributed by atoms with Gasteiger partial charge in [0.05, 0.1) is 24.9 Å². The Hall–Kier alpha value is -2.97. The number of sulfone groups is 1. The van der Waals surface area contributed by atoms with Crippen molar-refractivity contribution in [1.82, 2.24) is 0 Å². The van der Waals surface area contributed by atoms with E-state index < -0.39 is 9.84 Å². The summed E-state index contributed by atoms with van der Waals surface area (Å²) in [6.07, 6.45) is 0.357. The molecule has 3 aromatic rings. The third kappa shape index (κ3) is 7.00. The molecule has 0 aromatic heterocycles. The second-order valence-electron chi connectivity index (χ2n) is 7.42. The topological polar surface area (TPSA) is 81.7 Å². The lowest BCUT2D eigenvalue weighted by Gasteiger charge is -2.11. The van der Waals surface area contributed by atoms with Crippen molar-refractivity contribution in [1.29, 1.82) is 0 Å². The number of benzene rings is 3. The molecular weight excluding hydrogens is 458 g/mol. The van der Waals surface area contributed by atoms with Gasteiger partial charge in [0.1, 0.15) is 11.5 Å². The molecule has 0 saturated carbocycles. The molecule has 6 nitrogen and oxygen atoms in total. The maximum absolute atomic E-state index is 12.9. The van der Waals surface area contributed by atoms with Crippen LogP contribution in [0.5, 0.6) is 11.5 Å². The molecule has 8 heteroatoms. The zero-order valence-electron chi connectivity index (χ0n) is 18.8. The molecule has 0 atom stereocenters. The van der Waals surface area contributed by atoms with Crippen LogP contribution < -0.4 is 14.8 Å². The number of carbonyl (C=O) groups excluding carboxylic acids is 1. The number of carbonyl (C=O) groups is 1. The molecule has 0 aliphatic carbocycles. The standard InChI is InChI=1S/C25H27NO5S2/c1-18-4-10-22(11-5-18)32-15-14-25(27)26-20-7-12-23(13-8-20)33(28,29)17-19-6-9-21(30-2)16-24(19)31-3/h4-13,16H,14-15,17H2,1-3H3,(H,26,27). The van der Waals surface area contributed by atoms with E-state index in [0.717, 1.165) is 4.90 Å². The van der Waals surface area contributed by atoms with E-state index in [1.54, 1.807) is 42.1 Å². The summed E-state index contributed by atoms with van der Waals surface area (Å²) < 4.78 is 36.2. The largest absolute Gasteiger partial charge is 0.497 e. The van der Waals surface area contributed by atoms with Gasteiger partial charge >= 0.3 is 0 Å². The SMILES string of the molecule is COc1ccc(CS(=O)(=O)c2ccc(NC(=O)CCSc3ccc(C)cc3)cc2)c(OC)c1. The summed E-state index contributed by atoms with van der Waals surface area (Å²) in [5.74, 6) is 1.37. The van der Waals surface area contributed by atoms with E-state index >= 15 is 0 Å². The van der Waals surface area contributed by atoms with Crippen LogP contribution in [0.25, 0.3) is 0 Å². The molecule has 0 aliphatic heterocycles. The first kappa shape index (κ1) is 24.7. The molecule has 0 fully saturated rings. The van der Waals surface area contributed by atoms with E-state index in [9.17, 15) is 13.2 Å². The molecule has 1 amide bonds. The number of aryl methyl sites for hydroxylation is 1. The first-order chi connectivity index (χ1) is 15.8. The molecule has 3 aromatic carbocycles. The average molecular weight is 486 g/mol. The van der Waals surface area contributed by atoms with Crippen LogP contribution in [0.3, 0.4) is 0 Å². The van der Waals surface area contributed by atoms with E-state index in [2.05, 4.69) is 5.32 Å². The first-order valence-corrected chi connectivity index (χ1v) is 13.0. The maximum Gasteiger partial charge on any atom is 0.225 e. The molecular formula is C25H27NO5S2. The van der Waals surface area contributed by atoms with Gasteiger partial charge in [-0.15, -0.1) is 11.8 Å². The van der Waals surface area contributed by atoms with Gasteiger partial charge in [0.15, 0.2) is 9.84 Å². The minimum Gasteiger partial charge on any atom is -0.497 e. The molecule has 174 valence electrons. The van der Waals surface area contributed by atoms with E-state index in [-0.39, 0.29) is 16.6 Å². The van der Waals surface area contributed by atoms with Crippen LogP contribution in [-0.2, 0) is 20.4 Å². The average Bonchev–Trinajstić information content (AvgIpc) is 2.81. The third-order valence-electron chi connectivity index (χ3n) is 4.96. The second kappa shape index (κ2) is 11.2. The van der Waals surface area contributed by atoms with Crippen molar-refractivity contribution < 1.29 is 22.7 Å². The number of amides is 1. The summed E-state index contributed by atoms with van der Waals surface area (Å²) in [4.78, 5) is 13.5. The van der Waals surface area contributed by atoms with Crippen LogP contribution in [-0.4, -0.2) is 34.3 Å². The van der Waals surface area contributed by atoms with Crippen LogP contribution in [0.15, 0.2) is 76.5 Å². The lowest BCUT2D eigenvalue weighted by molar-refractivity contribution is -0.115. The highest BCUT2D eigenvalue weighted by Gasteiger charge is 2.18. The van der Waals surface area contributed by atoms with E-state index in [1.165, 1.54) is 31.9 Å². The Bertz CT molecular complexity index is 1190. The maximum atomic E-state index is 12.9. The lowest BCUT2D eigenvalue weighted by atomic mass is 10.2. The minimum atomic E-state index is -3.60. The third-order valence-corrected chi connectivity index (χ3v) is 7.65. The quantitative estimate of drug-likeness (QED) is 0.402. The smallest absolute Gasteiger partial charge is 0.225 e. The molecule has 33 heavy (non-hydrogen) atoms. The lowest BCUT2D eigenvalue weighted by Crippen LogP contribution is -2.12. The van der Waals surface area contributed by atoms with Crippen molar-refractivity contribution in [3.8, 4) is 11.5 Å². The van der Waals surface area contributed by atoms with Crippen molar-refractivity contribution in [2.24, 2.45) is 0 Å². The van der Waals surface area contributed by atoms with Gasteiger partial charge in [0.25, 0.3) is 0 Å². The Kier molecular flexibility index (Phi) is 8.41. The van der Waals surface area contributed by atoms with Crippen LogP contribution >= 0.6 is 11.8 Å². The number of hydrogen-bond acceptors (Lipinski definition) is 6. The fourth-order valence-corrected chi connectivity index (χ4v) is 5.34. The molecule has 0 heterocycles. The van der Waals surface area contributed by atoms with Crippen molar-refractivity contribution in [2.45, 2.75) is 28.9 Å². The van der Waals surface area contributed by atoms with Crippen LogP contribution in [0.1, 0.15) is 17.5 Å². The fraction of sp³-hybridized carbons (Fsp3) is 0.240. The van der Waals surface area contributed by atoms with Crippen molar-refractivity contribution in [3.63, 3.8) is 0 Å². The van der Waals surface area contributed by atoms with E-state index in [4.69, 9.17) is 9.47 Å². The molecule has 0 radical (unpaired) electrons. The zero-order valence-corrected chi connectivity index (χ0v) is 20.5. The number of ether oxygens (including phenoxy) is 2. The Balaban J connectivity index is 1.57. The van der Waals surface area contributed by atoms with E-state index in [1.807, 2.05) is 31.2 Å². The number of nitrogens with one attached hydrogen (secondary N) is 1. The predicted octanol–water partition coefficient (Wildman–Crippen LogP) is 5.11. The summed E-state index contributed by atoms with van der Waals surface area (Å²) >= 11 is 1.62. The second-order valence-corrected chi connectivity index (χ2v) is 10.6. The van der Waals surface area contributed by atoms with Crippen LogP contribution in [0.4, 0.5) is 5.69 Å². The predicted molar refractivity (Wildman–Crippen MR) is 132 cm³/mol. The van der Waals surface area contributed by atoms with Crippen LogP contribution in [0, 0.1) is 6.92 Å². The fourth-order valence-electron chi connectivity index (χ4n) is 3.12. The van der Waals surface area contributed by atoms with Crippen molar-refractivity contribution >= 4 is 33.2 Å². The van der Waals surface area contributed by atoms with Gasteiger partial charge in [-0.1, -0.05) is 23.8 Å². The summed E-state index contributed by atoms with van der Waals surface area (Å²) in [6, 6.07) is 19.4. The van der Waals surface area contributed by atoms with E-state index in [0.29, 0.717) is 34.9 Å². The first-order valence-electron chi connectivity index (χ1n) is 10.3. The molecule has 0 spiro atoms. The Morgan fingerprint density at radius 3 is 2.27 bits per heavy atom. The normalized spacial score (nSPS) is 11.1. The molecule has 1 N–H and O–H groups in total. The van der Waals surface area contributed by atoms with Gasteiger partial charge in [0.2, 0.25) is 5.91 Å². The monoisotopic (exact) mass is 485 g/mol. The van der Waals surface area contributed by atoms with Gasteiger partial charge < -0.3 is 14.8 Å².